The first-order valence-corrected chi connectivity index (χ1v) is 7.14. The molecule has 0 saturated heterocycles. The Labute approximate surface area is 123 Å². The Balaban J connectivity index is 1.98. The molecule has 1 saturated carbocycles. The molecule has 0 aromatic carbocycles. The van der Waals surface area contributed by atoms with E-state index in [0.29, 0.717) is 23.0 Å². The zero-order chi connectivity index (χ0) is 14.8. The van der Waals surface area contributed by atoms with Gasteiger partial charge < -0.3 is 5.32 Å². The SMILES string of the molecule is O=C(NC1CCCC(C(F)(F)F)C1)c1ccnc(Br)c1. The topological polar surface area (TPSA) is 42.0 Å². The lowest BCUT2D eigenvalue weighted by atomic mass is 9.85. The Bertz CT molecular complexity index is 493. The van der Waals surface area contributed by atoms with Gasteiger partial charge in [-0.1, -0.05) is 6.42 Å². The van der Waals surface area contributed by atoms with E-state index in [1.165, 1.54) is 12.3 Å². The second-order valence-corrected chi connectivity index (χ2v) is 5.76. The van der Waals surface area contributed by atoms with Crippen LogP contribution in [0.3, 0.4) is 0 Å². The maximum absolute atomic E-state index is 12.7. The molecule has 1 fully saturated rings. The molecule has 0 radical (unpaired) electrons. The molecule has 1 aliphatic carbocycles. The van der Waals surface area contributed by atoms with E-state index >= 15 is 0 Å². The van der Waals surface area contributed by atoms with E-state index in [9.17, 15) is 18.0 Å². The van der Waals surface area contributed by atoms with Gasteiger partial charge in [-0.05, 0) is 47.3 Å². The van der Waals surface area contributed by atoms with Crippen molar-refractivity contribution >= 4 is 21.8 Å². The van der Waals surface area contributed by atoms with Gasteiger partial charge in [0.2, 0.25) is 0 Å². The highest BCUT2D eigenvalue weighted by molar-refractivity contribution is 9.10. The van der Waals surface area contributed by atoms with Crippen LogP contribution in [0.4, 0.5) is 13.2 Å². The number of nitrogens with one attached hydrogen (secondary N) is 1. The molecule has 2 atom stereocenters. The lowest BCUT2D eigenvalue weighted by Crippen LogP contribution is -2.41. The van der Waals surface area contributed by atoms with Crippen molar-refractivity contribution in [1.29, 1.82) is 0 Å². The van der Waals surface area contributed by atoms with Crippen molar-refractivity contribution in [3.8, 4) is 0 Å². The van der Waals surface area contributed by atoms with Crippen LogP contribution in [0.25, 0.3) is 0 Å². The van der Waals surface area contributed by atoms with Crippen molar-refractivity contribution in [3.63, 3.8) is 0 Å². The maximum Gasteiger partial charge on any atom is 0.391 e. The number of halogens is 4. The normalized spacial score (nSPS) is 23.4. The number of amides is 1. The van der Waals surface area contributed by atoms with Gasteiger partial charge in [0.25, 0.3) is 5.91 Å². The molecule has 2 rings (SSSR count). The van der Waals surface area contributed by atoms with Crippen LogP contribution in [0.2, 0.25) is 0 Å². The van der Waals surface area contributed by atoms with Crippen molar-refractivity contribution in [2.75, 3.05) is 0 Å². The van der Waals surface area contributed by atoms with Crippen LogP contribution in [0, 0.1) is 5.92 Å². The van der Waals surface area contributed by atoms with Gasteiger partial charge in [-0.2, -0.15) is 13.2 Å². The van der Waals surface area contributed by atoms with Gasteiger partial charge in [-0.15, -0.1) is 0 Å². The summed E-state index contributed by atoms with van der Waals surface area (Å²) >= 11 is 3.15. The molecule has 20 heavy (non-hydrogen) atoms. The second-order valence-electron chi connectivity index (χ2n) is 4.94. The van der Waals surface area contributed by atoms with Crippen molar-refractivity contribution < 1.29 is 18.0 Å². The van der Waals surface area contributed by atoms with Crippen LogP contribution in [-0.2, 0) is 0 Å². The fourth-order valence-corrected chi connectivity index (χ4v) is 2.80. The molecule has 0 spiro atoms. The molecule has 1 aliphatic rings. The molecule has 110 valence electrons. The van der Waals surface area contributed by atoms with Gasteiger partial charge in [0.15, 0.2) is 0 Å². The highest BCUT2D eigenvalue weighted by Gasteiger charge is 2.42. The van der Waals surface area contributed by atoms with Gasteiger partial charge in [0.05, 0.1) is 5.92 Å². The van der Waals surface area contributed by atoms with E-state index in [2.05, 4.69) is 26.2 Å². The molecule has 2 unspecified atom stereocenters. The predicted molar refractivity (Wildman–Crippen MR) is 71.2 cm³/mol. The Morgan fingerprint density at radius 3 is 2.80 bits per heavy atom. The van der Waals surface area contributed by atoms with Crippen LogP contribution < -0.4 is 5.32 Å². The monoisotopic (exact) mass is 350 g/mol. The first-order valence-electron chi connectivity index (χ1n) is 6.35. The molecular formula is C13H14BrF3N2O. The summed E-state index contributed by atoms with van der Waals surface area (Å²) in [4.78, 5) is 15.9. The number of carbonyl (C=O) groups excluding carboxylic acids is 1. The standard InChI is InChI=1S/C13H14BrF3N2O/c14-11-6-8(4-5-18-11)12(20)19-10-3-1-2-9(7-10)13(15,16)17/h4-6,9-10H,1-3,7H2,(H,19,20). The van der Waals surface area contributed by atoms with E-state index in [-0.39, 0.29) is 18.7 Å². The number of pyridine rings is 1. The summed E-state index contributed by atoms with van der Waals surface area (Å²) in [7, 11) is 0. The smallest absolute Gasteiger partial charge is 0.349 e. The number of hydrogen-bond acceptors (Lipinski definition) is 2. The molecular weight excluding hydrogens is 337 g/mol. The quantitative estimate of drug-likeness (QED) is 0.826. The van der Waals surface area contributed by atoms with Crippen LogP contribution in [0.5, 0.6) is 0 Å². The summed E-state index contributed by atoms with van der Waals surface area (Å²) < 4.78 is 38.6. The minimum atomic E-state index is -4.18. The van der Waals surface area contributed by atoms with Gasteiger partial charge in [-0.3, -0.25) is 4.79 Å². The van der Waals surface area contributed by atoms with Gasteiger partial charge in [-0.25, -0.2) is 4.98 Å². The summed E-state index contributed by atoms with van der Waals surface area (Å²) in [5.41, 5.74) is 0.390. The largest absolute Gasteiger partial charge is 0.391 e. The number of aromatic nitrogens is 1. The van der Waals surface area contributed by atoms with Gasteiger partial charge in [0, 0.05) is 17.8 Å². The first kappa shape index (κ1) is 15.3. The van der Waals surface area contributed by atoms with Crippen molar-refractivity contribution in [2.45, 2.75) is 37.9 Å². The van der Waals surface area contributed by atoms with E-state index < -0.39 is 18.1 Å². The fourth-order valence-electron chi connectivity index (χ4n) is 2.43. The van der Waals surface area contributed by atoms with Crippen molar-refractivity contribution in [1.82, 2.24) is 10.3 Å². The van der Waals surface area contributed by atoms with Crippen LogP contribution in [-0.4, -0.2) is 23.1 Å². The molecule has 1 aromatic heterocycles. The first-order chi connectivity index (χ1) is 9.36. The third-order valence-electron chi connectivity index (χ3n) is 3.46. The van der Waals surface area contributed by atoms with E-state index in [1.54, 1.807) is 6.07 Å². The number of hydrogen-bond donors (Lipinski definition) is 1. The second kappa shape index (κ2) is 6.11. The molecule has 0 bridgehead atoms. The summed E-state index contributed by atoms with van der Waals surface area (Å²) in [5, 5.41) is 2.68. The summed E-state index contributed by atoms with van der Waals surface area (Å²) in [6, 6.07) is 2.65. The Morgan fingerprint density at radius 2 is 2.15 bits per heavy atom. The number of rotatable bonds is 2. The molecule has 7 heteroatoms. The zero-order valence-corrected chi connectivity index (χ0v) is 12.2. The van der Waals surface area contributed by atoms with E-state index in [0.717, 1.165) is 0 Å². The Morgan fingerprint density at radius 1 is 1.40 bits per heavy atom. The predicted octanol–water partition coefficient (Wildman–Crippen LogP) is 3.70. The minimum absolute atomic E-state index is 0.0402. The van der Waals surface area contributed by atoms with Crippen LogP contribution in [0.1, 0.15) is 36.0 Å². The average molecular weight is 351 g/mol. The fraction of sp³-hybridized carbons (Fsp3) is 0.538. The van der Waals surface area contributed by atoms with E-state index in [4.69, 9.17) is 0 Å². The zero-order valence-electron chi connectivity index (χ0n) is 10.6. The summed E-state index contributed by atoms with van der Waals surface area (Å²) in [5.74, 6) is -1.67. The van der Waals surface area contributed by atoms with Crippen molar-refractivity contribution in [2.24, 2.45) is 5.92 Å². The van der Waals surface area contributed by atoms with E-state index in [1.807, 2.05) is 0 Å². The molecule has 3 nitrogen and oxygen atoms in total. The maximum atomic E-state index is 12.7. The molecule has 0 aliphatic heterocycles. The average Bonchev–Trinajstić information content (AvgIpc) is 2.38. The van der Waals surface area contributed by atoms with Crippen molar-refractivity contribution in [3.05, 3.63) is 28.5 Å². The summed E-state index contributed by atoms with van der Waals surface area (Å²) in [6.07, 6.45) is -1.53. The number of alkyl halides is 3. The Kier molecular flexibility index (Phi) is 4.67. The number of nitrogens with zero attached hydrogens (tertiary/aromatic N) is 1. The molecule has 1 aromatic rings. The third kappa shape index (κ3) is 3.94. The third-order valence-corrected chi connectivity index (χ3v) is 3.89. The highest BCUT2D eigenvalue weighted by Crippen LogP contribution is 2.37. The number of carbonyl (C=O) groups is 1. The minimum Gasteiger partial charge on any atom is -0.349 e. The van der Waals surface area contributed by atoms with Gasteiger partial charge >= 0.3 is 6.18 Å². The lowest BCUT2D eigenvalue weighted by molar-refractivity contribution is -0.183. The molecule has 1 N–H and O–H groups in total. The summed E-state index contributed by atoms with van der Waals surface area (Å²) in [6.45, 7) is 0. The lowest BCUT2D eigenvalue weighted by Gasteiger charge is -2.31. The van der Waals surface area contributed by atoms with Crippen LogP contribution in [0.15, 0.2) is 22.9 Å². The molecule has 1 amide bonds. The van der Waals surface area contributed by atoms with Gasteiger partial charge in [0.1, 0.15) is 4.60 Å². The van der Waals surface area contributed by atoms with Crippen LogP contribution >= 0.6 is 15.9 Å². The highest BCUT2D eigenvalue weighted by atomic mass is 79.9. The Hall–Kier alpha value is -1.11. The molecule has 1 heterocycles.